The predicted molar refractivity (Wildman–Crippen MR) is 64.4 cm³/mol. The summed E-state index contributed by atoms with van der Waals surface area (Å²) in [5, 5.41) is 3.20. The van der Waals surface area contributed by atoms with Crippen LogP contribution in [0.3, 0.4) is 0 Å². The number of carbonyl (C=O) groups is 1. The first kappa shape index (κ1) is 13.5. The zero-order valence-electron chi connectivity index (χ0n) is 10.7. The third kappa shape index (κ3) is 3.19. The average Bonchev–Trinajstić information content (AvgIpc) is 2.69. The molecule has 1 heterocycles. The molecule has 4 heteroatoms. The van der Waals surface area contributed by atoms with E-state index in [9.17, 15) is 4.79 Å². The van der Waals surface area contributed by atoms with Crippen molar-refractivity contribution in [3.63, 3.8) is 0 Å². The molecular formula is C12H24N2O2. The maximum Gasteiger partial charge on any atom is 0.323 e. The molecule has 2 unspecified atom stereocenters. The second-order valence-electron chi connectivity index (χ2n) is 4.27. The van der Waals surface area contributed by atoms with Crippen LogP contribution in [0.4, 0.5) is 0 Å². The SMILES string of the molecule is CCOC(=O)C(CC)N1CCCC1CNC. The highest BCUT2D eigenvalue weighted by molar-refractivity contribution is 5.75. The minimum absolute atomic E-state index is 0.0548. The van der Waals surface area contributed by atoms with Gasteiger partial charge in [0.05, 0.1) is 6.61 Å². The fraction of sp³-hybridized carbons (Fsp3) is 0.917. The van der Waals surface area contributed by atoms with E-state index in [1.54, 1.807) is 0 Å². The molecule has 0 aromatic carbocycles. The van der Waals surface area contributed by atoms with Crippen molar-refractivity contribution >= 4 is 5.97 Å². The maximum atomic E-state index is 11.8. The Morgan fingerprint density at radius 2 is 2.31 bits per heavy atom. The van der Waals surface area contributed by atoms with E-state index in [0.717, 1.165) is 19.5 Å². The molecule has 0 bridgehead atoms. The summed E-state index contributed by atoms with van der Waals surface area (Å²) in [5.41, 5.74) is 0. The van der Waals surface area contributed by atoms with Crippen LogP contribution in [-0.2, 0) is 9.53 Å². The van der Waals surface area contributed by atoms with Crippen molar-refractivity contribution in [2.45, 2.75) is 45.2 Å². The Kier molecular flexibility index (Phi) is 5.77. The van der Waals surface area contributed by atoms with Crippen molar-refractivity contribution in [1.29, 1.82) is 0 Å². The van der Waals surface area contributed by atoms with E-state index in [-0.39, 0.29) is 12.0 Å². The van der Waals surface area contributed by atoms with Crippen LogP contribution in [0.15, 0.2) is 0 Å². The van der Waals surface area contributed by atoms with Gasteiger partial charge in [0.25, 0.3) is 0 Å². The summed E-state index contributed by atoms with van der Waals surface area (Å²) >= 11 is 0. The third-order valence-electron chi connectivity index (χ3n) is 3.21. The van der Waals surface area contributed by atoms with Crippen LogP contribution in [-0.4, -0.2) is 49.7 Å². The Morgan fingerprint density at radius 3 is 2.88 bits per heavy atom. The highest BCUT2D eigenvalue weighted by Crippen LogP contribution is 2.21. The van der Waals surface area contributed by atoms with Gasteiger partial charge in [-0.1, -0.05) is 6.92 Å². The molecule has 94 valence electrons. The second-order valence-corrected chi connectivity index (χ2v) is 4.27. The standard InChI is InChI=1S/C12H24N2O2/c1-4-11(12(15)16-5-2)14-8-6-7-10(14)9-13-3/h10-11,13H,4-9H2,1-3H3. The lowest BCUT2D eigenvalue weighted by Gasteiger charge is -2.30. The summed E-state index contributed by atoms with van der Waals surface area (Å²) in [6.45, 7) is 6.36. The first-order valence-electron chi connectivity index (χ1n) is 6.31. The van der Waals surface area contributed by atoms with Crippen LogP contribution < -0.4 is 5.32 Å². The largest absolute Gasteiger partial charge is 0.465 e. The van der Waals surface area contributed by atoms with Crippen LogP contribution in [0.5, 0.6) is 0 Å². The summed E-state index contributed by atoms with van der Waals surface area (Å²) in [6.07, 6.45) is 3.19. The Bertz CT molecular complexity index is 221. The predicted octanol–water partition coefficient (Wildman–Crippen LogP) is 1.01. The van der Waals surface area contributed by atoms with Gasteiger partial charge in [0.2, 0.25) is 0 Å². The Hall–Kier alpha value is -0.610. The van der Waals surface area contributed by atoms with Gasteiger partial charge in [0, 0.05) is 12.6 Å². The maximum absolute atomic E-state index is 11.8. The fourth-order valence-corrected chi connectivity index (χ4v) is 2.50. The van der Waals surface area contributed by atoms with Crippen LogP contribution in [0, 0.1) is 0 Å². The Morgan fingerprint density at radius 1 is 1.56 bits per heavy atom. The van der Waals surface area contributed by atoms with Gasteiger partial charge in [-0.05, 0) is 39.8 Å². The number of likely N-dealkylation sites (tertiary alicyclic amines) is 1. The van der Waals surface area contributed by atoms with Gasteiger partial charge in [0.1, 0.15) is 6.04 Å². The van der Waals surface area contributed by atoms with Crippen LogP contribution >= 0.6 is 0 Å². The van der Waals surface area contributed by atoms with Crippen molar-refractivity contribution in [1.82, 2.24) is 10.2 Å². The first-order chi connectivity index (χ1) is 7.74. The summed E-state index contributed by atoms with van der Waals surface area (Å²) in [7, 11) is 1.96. The molecule has 0 spiro atoms. The monoisotopic (exact) mass is 228 g/mol. The molecule has 1 aliphatic rings. The van der Waals surface area contributed by atoms with Crippen molar-refractivity contribution < 1.29 is 9.53 Å². The van der Waals surface area contributed by atoms with E-state index in [1.165, 1.54) is 12.8 Å². The molecule has 0 aromatic heterocycles. The van der Waals surface area contributed by atoms with Crippen molar-refractivity contribution in [2.75, 3.05) is 26.7 Å². The summed E-state index contributed by atoms with van der Waals surface area (Å²) < 4.78 is 5.13. The number of rotatable bonds is 6. The normalized spacial score (nSPS) is 23.3. The van der Waals surface area contributed by atoms with Gasteiger partial charge >= 0.3 is 5.97 Å². The van der Waals surface area contributed by atoms with Crippen molar-refractivity contribution in [2.24, 2.45) is 0 Å². The molecule has 1 saturated heterocycles. The van der Waals surface area contributed by atoms with E-state index in [1.807, 2.05) is 14.0 Å². The molecular weight excluding hydrogens is 204 g/mol. The summed E-state index contributed by atoms with van der Waals surface area (Å²) in [5.74, 6) is -0.0620. The average molecular weight is 228 g/mol. The van der Waals surface area contributed by atoms with Crippen LogP contribution in [0.25, 0.3) is 0 Å². The number of nitrogens with zero attached hydrogens (tertiary/aromatic N) is 1. The number of likely N-dealkylation sites (N-methyl/N-ethyl adjacent to an activating group) is 1. The fourth-order valence-electron chi connectivity index (χ4n) is 2.50. The molecule has 1 fully saturated rings. The number of nitrogens with one attached hydrogen (secondary N) is 1. The molecule has 1 aliphatic heterocycles. The smallest absolute Gasteiger partial charge is 0.323 e. The first-order valence-corrected chi connectivity index (χ1v) is 6.31. The van der Waals surface area contributed by atoms with Crippen LogP contribution in [0.1, 0.15) is 33.1 Å². The highest BCUT2D eigenvalue weighted by Gasteiger charge is 2.33. The zero-order valence-corrected chi connectivity index (χ0v) is 10.7. The van der Waals surface area contributed by atoms with E-state index >= 15 is 0 Å². The Labute approximate surface area is 98.3 Å². The molecule has 1 rings (SSSR count). The van der Waals surface area contributed by atoms with Gasteiger partial charge in [-0.15, -0.1) is 0 Å². The lowest BCUT2D eigenvalue weighted by Crippen LogP contribution is -2.47. The molecule has 4 nitrogen and oxygen atoms in total. The van der Waals surface area contributed by atoms with E-state index in [2.05, 4.69) is 17.1 Å². The molecule has 16 heavy (non-hydrogen) atoms. The lowest BCUT2D eigenvalue weighted by molar-refractivity contribution is -0.150. The van der Waals surface area contributed by atoms with E-state index in [0.29, 0.717) is 12.6 Å². The highest BCUT2D eigenvalue weighted by atomic mass is 16.5. The molecule has 0 aromatic rings. The van der Waals surface area contributed by atoms with Crippen molar-refractivity contribution in [3.8, 4) is 0 Å². The van der Waals surface area contributed by atoms with Gasteiger partial charge in [-0.25, -0.2) is 0 Å². The summed E-state index contributed by atoms with van der Waals surface area (Å²) in [4.78, 5) is 14.1. The Balaban J connectivity index is 2.60. The van der Waals surface area contributed by atoms with Gasteiger partial charge < -0.3 is 10.1 Å². The summed E-state index contributed by atoms with van der Waals surface area (Å²) in [6, 6.07) is 0.431. The molecule has 0 aliphatic carbocycles. The molecule has 1 N–H and O–H groups in total. The van der Waals surface area contributed by atoms with Crippen molar-refractivity contribution in [3.05, 3.63) is 0 Å². The van der Waals surface area contributed by atoms with E-state index in [4.69, 9.17) is 4.74 Å². The second kappa shape index (κ2) is 6.86. The van der Waals surface area contributed by atoms with Crippen LogP contribution in [0.2, 0.25) is 0 Å². The molecule has 2 atom stereocenters. The quantitative estimate of drug-likeness (QED) is 0.689. The van der Waals surface area contributed by atoms with Gasteiger partial charge in [0.15, 0.2) is 0 Å². The van der Waals surface area contributed by atoms with Gasteiger partial charge in [-0.2, -0.15) is 0 Å². The topological polar surface area (TPSA) is 41.6 Å². The lowest BCUT2D eigenvalue weighted by atomic mass is 10.1. The zero-order chi connectivity index (χ0) is 12.0. The number of carbonyl (C=O) groups excluding carboxylic acids is 1. The molecule has 0 amide bonds. The van der Waals surface area contributed by atoms with E-state index < -0.39 is 0 Å². The molecule has 0 radical (unpaired) electrons. The number of esters is 1. The molecule has 0 saturated carbocycles. The number of ether oxygens (including phenoxy) is 1. The third-order valence-corrected chi connectivity index (χ3v) is 3.21. The number of hydrogen-bond donors (Lipinski definition) is 1. The minimum Gasteiger partial charge on any atom is -0.465 e. The minimum atomic E-state index is -0.0620. The van der Waals surface area contributed by atoms with Gasteiger partial charge in [-0.3, -0.25) is 9.69 Å². The number of hydrogen-bond acceptors (Lipinski definition) is 4.